The molecule has 2 bridgehead atoms. The van der Waals surface area contributed by atoms with E-state index in [-0.39, 0.29) is 0 Å². The molecule has 1 aliphatic carbocycles. The maximum atomic E-state index is 6.11. The van der Waals surface area contributed by atoms with E-state index in [4.69, 9.17) is 4.74 Å². The highest BCUT2D eigenvalue weighted by atomic mass is 16.5. The number of benzene rings is 1. The molecule has 0 amide bonds. The van der Waals surface area contributed by atoms with Crippen LogP contribution in [0.4, 0.5) is 0 Å². The van der Waals surface area contributed by atoms with E-state index in [2.05, 4.69) is 45.5 Å². The van der Waals surface area contributed by atoms with Gasteiger partial charge in [0, 0.05) is 43.9 Å². The zero-order valence-corrected chi connectivity index (χ0v) is 15.2. The van der Waals surface area contributed by atoms with Gasteiger partial charge in [0.1, 0.15) is 0 Å². The Hall–Kier alpha value is -1.55. The van der Waals surface area contributed by atoms with Gasteiger partial charge in [-0.1, -0.05) is 36.8 Å². The summed E-state index contributed by atoms with van der Waals surface area (Å²) in [5.41, 5.74) is 1.78. The molecule has 0 aromatic heterocycles. The monoisotopic (exact) mass is 339 g/mol. The van der Waals surface area contributed by atoms with Crippen molar-refractivity contribution in [1.82, 2.24) is 10.2 Å². The minimum absolute atomic E-state index is 0.301. The van der Waals surface area contributed by atoms with Gasteiger partial charge in [-0.2, -0.15) is 0 Å². The molecule has 4 nitrogen and oxygen atoms in total. The van der Waals surface area contributed by atoms with Crippen LogP contribution < -0.4 is 5.32 Å². The highest BCUT2D eigenvalue weighted by Crippen LogP contribution is 2.47. The molecule has 1 N–H and O–H groups in total. The Morgan fingerprint density at radius 1 is 1.16 bits per heavy atom. The standard InChI is InChI=1S/C21H29N3O/c1-22-20(24-12-16-17(13-24)19-9-8-18(16)25-19)23-14-21(10-5-11-21)15-6-3-2-4-7-15/h2-4,6-7,16-19H,5,8-14H2,1H3,(H,22,23). The molecular weight excluding hydrogens is 310 g/mol. The second-order valence-corrected chi connectivity index (χ2v) is 8.42. The van der Waals surface area contributed by atoms with Crippen molar-refractivity contribution in [1.29, 1.82) is 0 Å². The Morgan fingerprint density at radius 2 is 1.84 bits per heavy atom. The number of nitrogens with one attached hydrogen (secondary N) is 1. The molecule has 3 saturated heterocycles. The van der Waals surface area contributed by atoms with Gasteiger partial charge in [-0.25, -0.2) is 0 Å². The van der Waals surface area contributed by atoms with Crippen LogP contribution in [0.1, 0.15) is 37.7 Å². The number of fused-ring (bicyclic) bond motifs is 5. The summed E-state index contributed by atoms with van der Waals surface area (Å²) >= 11 is 0. The Balaban J connectivity index is 1.26. The fourth-order valence-corrected chi connectivity index (χ4v) is 5.68. The number of aliphatic imine (C=N–C) groups is 1. The second-order valence-electron chi connectivity index (χ2n) is 8.42. The van der Waals surface area contributed by atoms with Gasteiger partial charge in [0.2, 0.25) is 0 Å². The average molecular weight is 339 g/mol. The van der Waals surface area contributed by atoms with Crippen LogP contribution in [-0.4, -0.2) is 49.7 Å². The van der Waals surface area contributed by atoms with Crippen LogP contribution in [0.5, 0.6) is 0 Å². The van der Waals surface area contributed by atoms with Crippen molar-refractivity contribution < 1.29 is 4.74 Å². The van der Waals surface area contributed by atoms with E-state index < -0.39 is 0 Å². The van der Waals surface area contributed by atoms with Gasteiger partial charge in [0.25, 0.3) is 0 Å². The second kappa shape index (κ2) is 6.01. The van der Waals surface area contributed by atoms with Crippen LogP contribution in [0.2, 0.25) is 0 Å². The molecule has 4 fully saturated rings. The third-order valence-corrected chi connectivity index (χ3v) is 7.25. The van der Waals surface area contributed by atoms with Crippen LogP contribution in [0.25, 0.3) is 0 Å². The normalized spacial score (nSPS) is 35.6. The predicted molar refractivity (Wildman–Crippen MR) is 99.8 cm³/mol. The van der Waals surface area contributed by atoms with Gasteiger partial charge in [-0.05, 0) is 31.2 Å². The lowest BCUT2D eigenvalue weighted by Crippen LogP contribution is -2.50. The lowest BCUT2D eigenvalue weighted by Gasteiger charge is -2.43. The molecule has 4 aliphatic rings. The van der Waals surface area contributed by atoms with Gasteiger partial charge in [-0.15, -0.1) is 0 Å². The quantitative estimate of drug-likeness (QED) is 0.680. The molecule has 25 heavy (non-hydrogen) atoms. The smallest absolute Gasteiger partial charge is 0.193 e. The molecular formula is C21H29N3O. The third kappa shape index (κ3) is 2.49. The lowest BCUT2D eigenvalue weighted by atomic mass is 9.64. The fourth-order valence-electron chi connectivity index (χ4n) is 5.68. The first-order chi connectivity index (χ1) is 12.3. The number of rotatable bonds is 3. The van der Waals surface area contributed by atoms with Crippen LogP contribution in [0.15, 0.2) is 35.3 Å². The number of hydrogen-bond acceptors (Lipinski definition) is 2. The molecule has 1 saturated carbocycles. The number of hydrogen-bond donors (Lipinski definition) is 1. The van der Waals surface area contributed by atoms with Crippen molar-refractivity contribution >= 4 is 5.96 Å². The number of likely N-dealkylation sites (tertiary alicyclic amines) is 1. The number of nitrogens with zero attached hydrogens (tertiary/aromatic N) is 2. The summed E-state index contributed by atoms with van der Waals surface area (Å²) in [6.07, 6.45) is 7.46. The van der Waals surface area contributed by atoms with E-state index in [1.54, 1.807) is 0 Å². The van der Waals surface area contributed by atoms with Crippen molar-refractivity contribution in [3.63, 3.8) is 0 Å². The van der Waals surface area contributed by atoms with Gasteiger partial charge < -0.3 is 15.0 Å². The zero-order chi connectivity index (χ0) is 16.9. The summed E-state index contributed by atoms with van der Waals surface area (Å²) in [6.45, 7) is 3.23. The molecule has 4 atom stereocenters. The van der Waals surface area contributed by atoms with E-state index in [1.165, 1.54) is 37.7 Å². The van der Waals surface area contributed by atoms with Crippen LogP contribution >= 0.6 is 0 Å². The maximum Gasteiger partial charge on any atom is 0.193 e. The largest absolute Gasteiger partial charge is 0.374 e. The van der Waals surface area contributed by atoms with E-state index in [1.807, 2.05) is 7.05 Å². The highest BCUT2D eigenvalue weighted by Gasteiger charge is 2.53. The first kappa shape index (κ1) is 15.7. The van der Waals surface area contributed by atoms with E-state index in [0.29, 0.717) is 17.6 Å². The summed E-state index contributed by atoms with van der Waals surface area (Å²) in [5, 5.41) is 3.73. The molecule has 4 heteroatoms. The van der Waals surface area contributed by atoms with Crippen molar-refractivity contribution in [3.8, 4) is 0 Å². The Bertz CT molecular complexity index is 636. The van der Waals surface area contributed by atoms with Gasteiger partial charge in [-0.3, -0.25) is 4.99 Å². The molecule has 1 aromatic rings. The first-order valence-electron chi connectivity index (χ1n) is 9.96. The zero-order valence-electron chi connectivity index (χ0n) is 15.2. The third-order valence-electron chi connectivity index (χ3n) is 7.25. The van der Waals surface area contributed by atoms with Crippen molar-refractivity contribution in [2.45, 2.75) is 49.7 Å². The fraction of sp³-hybridized carbons (Fsp3) is 0.667. The van der Waals surface area contributed by atoms with Gasteiger partial charge in [0.05, 0.1) is 12.2 Å². The summed E-state index contributed by atoms with van der Waals surface area (Å²) in [4.78, 5) is 7.10. The Kier molecular flexibility index (Phi) is 3.77. The predicted octanol–water partition coefficient (Wildman–Crippen LogP) is 2.79. The SMILES string of the molecule is CN=C(NCC1(c2ccccc2)CCC1)N1CC2C3CCC(O3)C2C1. The topological polar surface area (TPSA) is 36.9 Å². The Morgan fingerprint density at radius 3 is 2.40 bits per heavy atom. The van der Waals surface area contributed by atoms with Crippen molar-refractivity contribution in [2.75, 3.05) is 26.7 Å². The number of guanidine groups is 1. The summed E-state index contributed by atoms with van der Waals surface area (Å²) in [6, 6.07) is 11.0. The summed E-state index contributed by atoms with van der Waals surface area (Å²) < 4.78 is 6.11. The molecule has 3 aliphatic heterocycles. The molecule has 0 spiro atoms. The summed E-state index contributed by atoms with van der Waals surface area (Å²) in [7, 11) is 1.93. The lowest BCUT2D eigenvalue weighted by molar-refractivity contribution is 0.0766. The minimum atomic E-state index is 0.301. The molecule has 0 radical (unpaired) electrons. The highest BCUT2D eigenvalue weighted by molar-refractivity contribution is 5.80. The maximum absolute atomic E-state index is 6.11. The van der Waals surface area contributed by atoms with Crippen molar-refractivity contribution in [3.05, 3.63) is 35.9 Å². The average Bonchev–Trinajstić information content (AvgIpc) is 3.31. The van der Waals surface area contributed by atoms with Crippen molar-refractivity contribution in [2.24, 2.45) is 16.8 Å². The minimum Gasteiger partial charge on any atom is -0.374 e. The van der Waals surface area contributed by atoms with Gasteiger partial charge >= 0.3 is 0 Å². The number of ether oxygens (including phenoxy) is 1. The Labute approximate surface area is 150 Å². The van der Waals surface area contributed by atoms with E-state index in [0.717, 1.165) is 37.4 Å². The molecule has 1 aromatic carbocycles. The van der Waals surface area contributed by atoms with Crippen LogP contribution in [-0.2, 0) is 10.2 Å². The summed E-state index contributed by atoms with van der Waals surface area (Å²) in [5.74, 6) is 2.55. The first-order valence-corrected chi connectivity index (χ1v) is 9.96. The molecule has 4 unspecified atom stereocenters. The van der Waals surface area contributed by atoms with Crippen LogP contribution in [0, 0.1) is 11.8 Å². The van der Waals surface area contributed by atoms with Crippen LogP contribution in [0.3, 0.4) is 0 Å². The molecule has 134 valence electrons. The molecule has 3 heterocycles. The molecule has 5 rings (SSSR count). The van der Waals surface area contributed by atoms with E-state index in [9.17, 15) is 0 Å². The van der Waals surface area contributed by atoms with E-state index >= 15 is 0 Å². The van der Waals surface area contributed by atoms with Gasteiger partial charge in [0.15, 0.2) is 5.96 Å².